The summed E-state index contributed by atoms with van der Waals surface area (Å²) in [5.41, 5.74) is 5.95. The van der Waals surface area contributed by atoms with Gasteiger partial charge < -0.3 is 10.5 Å². The average Bonchev–Trinajstić information content (AvgIpc) is 2.92. The summed E-state index contributed by atoms with van der Waals surface area (Å²) < 4.78 is 32.1. The van der Waals surface area contributed by atoms with E-state index in [0.29, 0.717) is 12.3 Å². The van der Waals surface area contributed by atoms with E-state index in [4.69, 9.17) is 10.5 Å². The molecule has 1 heterocycles. The quantitative estimate of drug-likeness (QED) is 0.620. The van der Waals surface area contributed by atoms with Crippen LogP contribution >= 0.6 is 0 Å². The number of aromatic amines is 1. The molecule has 0 spiro atoms. The number of nitrogens with one attached hydrogen (secondary N) is 2. The Bertz CT molecular complexity index is 670. The van der Waals surface area contributed by atoms with Crippen molar-refractivity contribution in [1.82, 2.24) is 25.3 Å². The van der Waals surface area contributed by atoms with Crippen molar-refractivity contribution in [3.63, 3.8) is 0 Å². The predicted octanol–water partition coefficient (Wildman–Crippen LogP) is -0.341. The zero-order valence-corrected chi connectivity index (χ0v) is 11.5. The van der Waals surface area contributed by atoms with Crippen molar-refractivity contribution in [3.8, 4) is 5.75 Å². The van der Waals surface area contributed by atoms with Crippen LogP contribution in [0.1, 0.15) is 12.7 Å². The molecule has 0 fully saturated rings. The molecular formula is C10H14N6O3S. The van der Waals surface area contributed by atoms with Crippen molar-refractivity contribution in [3.05, 3.63) is 24.0 Å². The Morgan fingerprint density at radius 2 is 2.25 bits per heavy atom. The summed E-state index contributed by atoms with van der Waals surface area (Å²) in [6.07, 6.45) is 0. The van der Waals surface area contributed by atoms with Gasteiger partial charge in [0.2, 0.25) is 10.0 Å². The fraction of sp³-hybridized carbons (Fsp3) is 0.300. The van der Waals surface area contributed by atoms with Gasteiger partial charge in [0.05, 0.1) is 13.2 Å². The summed E-state index contributed by atoms with van der Waals surface area (Å²) in [7, 11) is -3.79. The van der Waals surface area contributed by atoms with Crippen molar-refractivity contribution in [1.29, 1.82) is 0 Å². The molecule has 4 N–H and O–H groups in total. The molecule has 1 aromatic heterocycles. The number of nitrogen functional groups attached to an aromatic ring is 1. The van der Waals surface area contributed by atoms with E-state index in [1.165, 1.54) is 12.1 Å². The third-order valence-electron chi connectivity index (χ3n) is 2.37. The van der Waals surface area contributed by atoms with Crippen LogP contribution < -0.4 is 15.2 Å². The highest BCUT2D eigenvalue weighted by molar-refractivity contribution is 7.89. The second-order valence-corrected chi connectivity index (χ2v) is 5.53. The molecule has 0 bridgehead atoms. The second kappa shape index (κ2) is 5.84. The van der Waals surface area contributed by atoms with Crippen LogP contribution in [0, 0.1) is 0 Å². The zero-order valence-electron chi connectivity index (χ0n) is 10.7. The normalized spacial score (nSPS) is 11.4. The van der Waals surface area contributed by atoms with Crippen LogP contribution in [0.25, 0.3) is 0 Å². The molecule has 2 aromatic rings. The number of nitrogens with zero attached hydrogens (tertiary/aromatic N) is 3. The van der Waals surface area contributed by atoms with Crippen LogP contribution in [-0.4, -0.2) is 35.6 Å². The summed E-state index contributed by atoms with van der Waals surface area (Å²) in [5, 5.41) is 12.9. The Morgan fingerprint density at radius 1 is 1.45 bits per heavy atom. The maximum atomic E-state index is 12.2. The number of rotatable bonds is 6. The lowest BCUT2D eigenvalue weighted by Gasteiger charge is -2.11. The highest BCUT2D eigenvalue weighted by atomic mass is 32.2. The van der Waals surface area contributed by atoms with E-state index in [1.54, 1.807) is 13.0 Å². The fourth-order valence-electron chi connectivity index (χ4n) is 1.50. The maximum Gasteiger partial charge on any atom is 0.244 e. The van der Waals surface area contributed by atoms with Crippen molar-refractivity contribution in [2.24, 2.45) is 0 Å². The number of ether oxygens (including phenoxy) is 1. The lowest BCUT2D eigenvalue weighted by atomic mass is 10.3. The van der Waals surface area contributed by atoms with Gasteiger partial charge in [0.1, 0.15) is 10.6 Å². The first-order chi connectivity index (χ1) is 9.53. The number of aromatic nitrogens is 4. The van der Waals surface area contributed by atoms with Gasteiger partial charge in [-0.25, -0.2) is 13.1 Å². The van der Waals surface area contributed by atoms with Crippen LogP contribution in [0.3, 0.4) is 0 Å². The first-order valence-corrected chi connectivity index (χ1v) is 7.25. The Kier molecular flexibility index (Phi) is 4.15. The van der Waals surface area contributed by atoms with Crippen molar-refractivity contribution < 1.29 is 13.2 Å². The van der Waals surface area contributed by atoms with Gasteiger partial charge in [-0.05, 0) is 25.1 Å². The molecule has 20 heavy (non-hydrogen) atoms. The number of benzene rings is 1. The topological polar surface area (TPSA) is 136 Å². The first kappa shape index (κ1) is 14.2. The highest BCUT2D eigenvalue weighted by Gasteiger charge is 2.20. The van der Waals surface area contributed by atoms with E-state index in [-0.39, 0.29) is 23.0 Å². The van der Waals surface area contributed by atoms with E-state index in [9.17, 15) is 8.42 Å². The van der Waals surface area contributed by atoms with E-state index in [2.05, 4.69) is 25.3 Å². The van der Waals surface area contributed by atoms with E-state index < -0.39 is 10.0 Å². The van der Waals surface area contributed by atoms with Crippen molar-refractivity contribution in [2.45, 2.75) is 18.4 Å². The third kappa shape index (κ3) is 3.22. The molecule has 9 nitrogen and oxygen atoms in total. The second-order valence-electron chi connectivity index (χ2n) is 3.79. The van der Waals surface area contributed by atoms with E-state index in [1.807, 2.05) is 0 Å². The number of hydrogen-bond donors (Lipinski definition) is 3. The largest absolute Gasteiger partial charge is 0.492 e. The first-order valence-electron chi connectivity index (χ1n) is 5.77. The summed E-state index contributed by atoms with van der Waals surface area (Å²) in [4.78, 5) is -0.0251. The lowest BCUT2D eigenvalue weighted by Crippen LogP contribution is -2.24. The zero-order chi connectivity index (χ0) is 14.6. The van der Waals surface area contributed by atoms with Gasteiger partial charge in [0.15, 0.2) is 5.82 Å². The standard InChI is InChI=1S/C10H14N6O3S/c1-2-19-8-4-3-7(11)5-9(8)20(17,18)12-6-10-13-15-16-14-10/h3-5,12H,2,6,11H2,1H3,(H,13,14,15,16). The minimum atomic E-state index is -3.79. The summed E-state index contributed by atoms with van der Waals surface area (Å²) in [6.45, 7) is 2.02. The number of nitrogens with two attached hydrogens (primary N) is 1. The van der Waals surface area contributed by atoms with Crippen molar-refractivity contribution >= 4 is 15.7 Å². The summed E-state index contributed by atoms with van der Waals surface area (Å²) >= 11 is 0. The monoisotopic (exact) mass is 298 g/mol. The highest BCUT2D eigenvalue weighted by Crippen LogP contribution is 2.26. The molecule has 0 atom stereocenters. The predicted molar refractivity (Wildman–Crippen MR) is 70.2 cm³/mol. The van der Waals surface area contributed by atoms with Gasteiger partial charge in [0, 0.05) is 5.69 Å². The molecular weight excluding hydrogens is 284 g/mol. The molecule has 0 saturated heterocycles. The number of H-pyrrole nitrogens is 1. The van der Waals surface area contributed by atoms with Gasteiger partial charge in [-0.2, -0.15) is 5.21 Å². The molecule has 0 aliphatic heterocycles. The van der Waals surface area contributed by atoms with Crippen LogP contribution in [0.15, 0.2) is 23.1 Å². The maximum absolute atomic E-state index is 12.2. The van der Waals surface area contributed by atoms with Crippen molar-refractivity contribution in [2.75, 3.05) is 12.3 Å². The van der Waals surface area contributed by atoms with Gasteiger partial charge >= 0.3 is 0 Å². The van der Waals surface area contributed by atoms with Crippen LogP contribution in [0.5, 0.6) is 5.75 Å². The fourth-order valence-corrected chi connectivity index (χ4v) is 2.66. The molecule has 0 radical (unpaired) electrons. The SMILES string of the molecule is CCOc1ccc(N)cc1S(=O)(=O)NCc1nn[nH]n1. The molecule has 10 heteroatoms. The Balaban J connectivity index is 2.26. The number of tetrazole rings is 1. The van der Waals surface area contributed by atoms with E-state index in [0.717, 1.165) is 0 Å². The molecule has 1 aromatic carbocycles. The molecule has 0 aliphatic carbocycles. The smallest absolute Gasteiger partial charge is 0.244 e. The third-order valence-corrected chi connectivity index (χ3v) is 3.79. The number of sulfonamides is 1. The van der Waals surface area contributed by atoms with Crippen LogP contribution in [-0.2, 0) is 16.6 Å². The molecule has 108 valence electrons. The summed E-state index contributed by atoms with van der Waals surface area (Å²) in [6, 6.07) is 4.43. The Hall–Kier alpha value is -2.20. The van der Waals surface area contributed by atoms with Gasteiger partial charge in [0.25, 0.3) is 0 Å². The van der Waals surface area contributed by atoms with E-state index >= 15 is 0 Å². The van der Waals surface area contributed by atoms with Gasteiger partial charge in [-0.1, -0.05) is 5.21 Å². The van der Waals surface area contributed by atoms with Gasteiger partial charge in [-0.15, -0.1) is 10.2 Å². The average molecular weight is 298 g/mol. The molecule has 0 amide bonds. The number of anilines is 1. The Labute approximate surface area is 115 Å². The summed E-state index contributed by atoms with van der Waals surface area (Å²) in [5.74, 6) is 0.470. The number of hydrogen-bond acceptors (Lipinski definition) is 7. The minimum Gasteiger partial charge on any atom is -0.492 e. The molecule has 0 unspecified atom stereocenters. The Morgan fingerprint density at radius 3 is 2.90 bits per heavy atom. The molecule has 2 rings (SSSR count). The molecule has 0 aliphatic rings. The van der Waals surface area contributed by atoms with Crippen LogP contribution in [0.2, 0.25) is 0 Å². The lowest BCUT2D eigenvalue weighted by molar-refractivity contribution is 0.331. The molecule has 0 saturated carbocycles. The minimum absolute atomic E-state index is 0.0251. The van der Waals surface area contributed by atoms with Crippen LogP contribution in [0.4, 0.5) is 5.69 Å². The van der Waals surface area contributed by atoms with Gasteiger partial charge in [-0.3, -0.25) is 0 Å².